The number of hydrogen-bond acceptors (Lipinski definition) is 8. The second-order valence-corrected chi connectivity index (χ2v) is 13.7. The van der Waals surface area contributed by atoms with Crippen molar-refractivity contribution in [3.63, 3.8) is 0 Å². The molecular formula is C36H41N3O4S2. The van der Waals surface area contributed by atoms with Crippen LogP contribution in [0.1, 0.15) is 86.4 Å². The second kappa shape index (κ2) is 15.5. The normalized spacial score (nSPS) is 13.1. The molecule has 1 aliphatic rings. The molecule has 0 bridgehead atoms. The van der Waals surface area contributed by atoms with Gasteiger partial charge >= 0.3 is 0 Å². The summed E-state index contributed by atoms with van der Waals surface area (Å²) >= 11 is 2.99. The zero-order chi connectivity index (χ0) is 31.8. The summed E-state index contributed by atoms with van der Waals surface area (Å²) < 4.78 is 11.8. The van der Waals surface area contributed by atoms with Crippen LogP contribution in [0.15, 0.2) is 48.5 Å². The summed E-state index contributed by atoms with van der Waals surface area (Å²) in [6, 6.07) is 15.7. The van der Waals surface area contributed by atoms with E-state index >= 15 is 0 Å². The number of thiazole rings is 2. The van der Waals surface area contributed by atoms with Gasteiger partial charge < -0.3 is 9.47 Å². The third kappa shape index (κ3) is 7.89. The first-order chi connectivity index (χ1) is 21.9. The van der Waals surface area contributed by atoms with Crippen molar-refractivity contribution in [1.29, 1.82) is 0 Å². The molecule has 0 aliphatic carbocycles. The Morgan fingerprint density at radius 2 is 1.00 bits per heavy atom. The molecule has 7 nitrogen and oxygen atoms in total. The topological polar surface area (TPSA) is 90.4 Å². The van der Waals surface area contributed by atoms with E-state index in [9.17, 15) is 9.59 Å². The standard InChI is InChI=1S/C36H41N3O4S2/c1-5-7-9-11-21-42-27-17-13-25(14-18-27)35-37-31(23(3)44-35)29-30(34(41)39-33(29)40)32-24(4)45-36(38-32)26-15-19-28(20-16-26)43-22-12-10-8-6-2/h13-20H,5-12,21-22H2,1-4H3,(H,39,40,41). The van der Waals surface area contributed by atoms with Crippen LogP contribution in [0.4, 0.5) is 0 Å². The maximum Gasteiger partial charge on any atom is 0.261 e. The van der Waals surface area contributed by atoms with E-state index in [1.54, 1.807) is 0 Å². The minimum Gasteiger partial charge on any atom is -0.494 e. The summed E-state index contributed by atoms with van der Waals surface area (Å²) in [4.78, 5) is 37.8. The maximum atomic E-state index is 13.2. The first kappa shape index (κ1) is 32.6. The van der Waals surface area contributed by atoms with Crippen molar-refractivity contribution >= 4 is 45.6 Å². The predicted molar refractivity (Wildman–Crippen MR) is 184 cm³/mol. The van der Waals surface area contributed by atoms with Crippen LogP contribution < -0.4 is 14.8 Å². The lowest BCUT2D eigenvalue weighted by molar-refractivity contribution is -0.122. The summed E-state index contributed by atoms with van der Waals surface area (Å²) in [5.74, 6) is 0.759. The Bertz CT molecular complexity index is 1530. The lowest BCUT2D eigenvalue weighted by atomic mass is 10.0. The molecule has 0 atom stereocenters. The van der Waals surface area contributed by atoms with Gasteiger partial charge in [0.05, 0.1) is 35.7 Å². The number of amides is 2. The molecule has 4 aromatic rings. The first-order valence-electron chi connectivity index (χ1n) is 15.9. The quantitative estimate of drug-likeness (QED) is 0.0968. The summed E-state index contributed by atoms with van der Waals surface area (Å²) in [5, 5.41) is 4.04. The highest BCUT2D eigenvalue weighted by molar-refractivity contribution is 7.15. The molecule has 1 N–H and O–H groups in total. The van der Waals surface area contributed by atoms with Crippen LogP contribution in [0.2, 0.25) is 0 Å². The fourth-order valence-electron chi connectivity index (χ4n) is 5.24. The number of nitrogens with zero attached hydrogens (tertiary/aromatic N) is 2. The van der Waals surface area contributed by atoms with Crippen LogP contribution in [0, 0.1) is 13.8 Å². The van der Waals surface area contributed by atoms with Crippen LogP contribution in [0.5, 0.6) is 11.5 Å². The lowest BCUT2D eigenvalue weighted by Gasteiger charge is -2.06. The fraction of sp³-hybridized carbons (Fsp3) is 0.389. The largest absolute Gasteiger partial charge is 0.494 e. The number of imide groups is 1. The number of nitrogens with one attached hydrogen (secondary N) is 1. The average Bonchev–Trinajstić information content (AvgIpc) is 3.70. The molecule has 9 heteroatoms. The van der Waals surface area contributed by atoms with E-state index in [1.165, 1.54) is 61.2 Å². The molecule has 0 radical (unpaired) electrons. The Hall–Kier alpha value is -3.82. The second-order valence-electron chi connectivity index (χ2n) is 11.2. The van der Waals surface area contributed by atoms with Crippen molar-refractivity contribution in [3.05, 3.63) is 69.7 Å². The third-order valence-corrected chi connectivity index (χ3v) is 9.77. The minimum atomic E-state index is -0.448. The number of aromatic nitrogens is 2. The van der Waals surface area contributed by atoms with Gasteiger partial charge in [-0.15, -0.1) is 22.7 Å². The van der Waals surface area contributed by atoms with Crippen molar-refractivity contribution in [3.8, 4) is 32.6 Å². The molecule has 2 aromatic heterocycles. The van der Waals surface area contributed by atoms with Gasteiger partial charge in [-0.2, -0.15) is 0 Å². The van der Waals surface area contributed by atoms with Crippen LogP contribution in [0.3, 0.4) is 0 Å². The SMILES string of the molecule is CCCCCCOc1ccc(-c2nc(C3=C(c4nc(-c5ccc(OCCCCCC)cc5)sc4C)C(=O)NC3=O)c(C)s2)cc1. The van der Waals surface area contributed by atoms with E-state index < -0.39 is 11.8 Å². The van der Waals surface area contributed by atoms with E-state index in [4.69, 9.17) is 19.4 Å². The average molecular weight is 644 g/mol. The zero-order valence-corrected chi connectivity index (χ0v) is 28.2. The monoisotopic (exact) mass is 643 g/mol. The smallest absolute Gasteiger partial charge is 0.261 e. The number of hydrogen-bond donors (Lipinski definition) is 1. The van der Waals surface area contributed by atoms with Crippen LogP contribution >= 0.6 is 22.7 Å². The van der Waals surface area contributed by atoms with E-state index in [2.05, 4.69) is 19.2 Å². The van der Waals surface area contributed by atoms with Crippen LogP contribution in [0.25, 0.3) is 32.3 Å². The van der Waals surface area contributed by atoms with Gasteiger partial charge in [-0.3, -0.25) is 14.9 Å². The number of aryl methyl sites for hydroxylation is 2. The molecule has 0 saturated heterocycles. The van der Waals surface area contributed by atoms with E-state index in [-0.39, 0.29) is 11.1 Å². The van der Waals surface area contributed by atoms with Gasteiger partial charge in [0, 0.05) is 20.9 Å². The molecule has 0 spiro atoms. The zero-order valence-electron chi connectivity index (χ0n) is 26.5. The van der Waals surface area contributed by atoms with Crippen molar-refractivity contribution in [1.82, 2.24) is 15.3 Å². The van der Waals surface area contributed by atoms with E-state index in [0.717, 1.165) is 55.2 Å². The van der Waals surface area contributed by atoms with E-state index in [1.807, 2.05) is 62.4 Å². The summed E-state index contributed by atoms with van der Waals surface area (Å²) in [6.07, 6.45) is 9.29. The van der Waals surface area contributed by atoms with Crippen molar-refractivity contribution in [2.75, 3.05) is 13.2 Å². The Balaban J connectivity index is 1.36. The maximum absolute atomic E-state index is 13.2. The highest BCUT2D eigenvalue weighted by Crippen LogP contribution is 2.40. The van der Waals surface area contributed by atoms with Gasteiger partial charge in [0.2, 0.25) is 0 Å². The Morgan fingerprint density at radius 1 is 0.600 bits per heavy atom. The highest BCUT2D eigenvalue weighted by Gasteiger charge is 2.37. The molecule has 2 aromatic carbocycles. The number of carbonyl (C=O) groups excluding carboxylic acids is 2. The molecule has 0 saturated carbocycles. The Morgan fingerprint density at radius 3 is 1.38 bits per heavy atom. The van der Waals surface area contributed by atoms with E-state index in [0.29, 0.717) is 24.6 Å². The Labute approximate surface area is 273 Å². The lowest BCUT2D eigenvalue weighted by Crippen LogP contribution is -2.23. The number of carbonyl (C=O) groups is 2. The molecular weight excluding hydrogens is 603 g/mol. The molecule has 0 unspecified atom stereocenters. The molecule has 45 heavy (non-hydrogen) atoms. The molecule has 3 heterocycles. The van der Waals surface area contributed by atoms with Crippen molar-refractivity contribution in [2.24, 2.45) is 0 Å². The first-order valence-corrected chi connectivity index (χ1v) is 17.5. The highest BCUT2D eigenvalue weighted by atomic mass is 32.1. The molecule has 1 aliphatic heterocycles. The summed E-state index contributed by atoms with van der Waals surface area (Å²) in [5.41, 5.74) is 3.44. The number of benzene rings is 2. The molecule has 5 rings (SSSR count). The van der Waals surface area contributed by atoms with Gasteiger partial charge in [-0.1, -0.05) is 52.4 Å². The van der Waals surface area contributed by atoms with Gasteiger partial charge in [-0.05, 0) is 75.2 Å². The van der Waals surface area contributed by atoms with Gasteiger partial charge in [0.15, 0.2) is 0 Å². The molecule has 0 fully saturated rings. The summed E-state index contributed by atoms with van der Waals surface area (Å²) in [6.45, 7) is 9.66. The van der Waals surface area contributed by atoms with Crippen molar-refractivity contribution < 1.29 is 19.1 Å². The summed E-state index contributed by atoms with van der Waals surface area (Å²) in [7, 11) is 0. The van der Waals surface area contributed by atoms with Crippen LogP contribution in [-0.2, 0) is 9.59 Å². The fourth-order valence-corrected chi connectivity index (χ4v) is 7.09. The van der Waals surface area contributed by atoms with Crippen molar-refractivity contribution in [2.45, 2.75) is 79.1 Å². The molecule has 2 amide bonds. The third-order valence-electron chi connectivity index (χ3n) is 7.73. The predicted octanol–water partition coefficient (Wildman–Crippen LogP) is 9.04. The number of unbranched alkanes of at least 4 members (excludes halogenated alkanes) is 6. The molecule has 236 valence electrons. The van der Waals surface area contributed by atoms with Gasteiger partial charge in [0.1, 0.15) is 21.5 Å². The van der Waals surface area contributed by atoms with Gasteiger partial charge in [0.25, 0.3) is 11.8 Å². The Kier molecular flexibility index (Phi) is 11.2. The van der Waals surface area contributed by atoms with Crippen LogP contribution in [-0.4, -0.2) is 35.0 Å². The number of ether oxygens (including phenoxy) is 2. The number of rotatable bonds is 16. The minimum absolute atomic E-state index is 0.277. The van der Waals surface area contributed by atoms with Gasteiger partial charge in [-0.25, -0.2) is 9.97 Å².